The van der Waals surface area contributed by atoms with E-state index in [0.29, 0.717) is 38.4 Å². The normalized spacial score (nSPS) is 31.0. The summed E-state index contributed by atoms with van der Waals surface area (Å²) in [6.45, 7) is 2.74. The average molecular weight is 366 g/mol. The molecule has 3 N–H and O–H groups in total. The van der Waals surface area contributed by atoms with Crippen LogP contribution in [0.3, 0.4) is 0 Å². The molecule has 3 heterocycles. The Labute approximate surface area is 159 Å². The van der Waals surface area contributed by atoms with Gasteiger partial charge in [-0.1, -0.05) is 30.4 Å². The molecule has 3 atom stereocenters. The van der Waals surface area contributed by atoms with Crippen LogP contribution in [0.4, 0.5) is 5.69 Å². The number of benzene rings is 1. The van der Waals surface area contributed by atoms with E-state index in [4.69, 9.17) is 0 Å². The molecule has 2 amide bonds. The number of piperidine rings is 1. The molecular formula is C21H26N4O2. The van der Waals surface area contributed by atoms with Gasteiger partial charge in [0.05, 0.1) is 0 Å². The highest BCUT2D eigenvalue weighted by Crippen LogP contribution is 2.45. The molecule has 0 saturated carbocycles. The second kappa shape index (κ2) is 6.37. The van der Waals surface area contributed by atoms with Gasteiger partial charge in [-0.15, -0.1) is 0 Å². The molecule has 5 rings (SSSR count). The number of likely N-dealkylation sites (tertiary alicyclic amines) is 1. The second-order valence-electron chi connectivity index (χ2n) is 8.15. The third-order valence-electron chi connectivity index (χ3n) is 6.78. The van der Waals surface area contributed by atoms with Gasteiger partial charge < -0.3 is 20.9 Å². The van der Waals surface area contributed by atoms with Gasteiger partial charge in [-0.25, -0.2) is 0 Å². The van der Waals surface area contributed by atoms with E-state index >= 15 is 0 Å². The molecule has 3 aliphatic heterocycles. The van der Waals surface area contributed by atoms with E-state index in [9.17, 15) is 9.59 Å². The molecule has 0 aromatic heterocycles. The summed E-state index contributed by atoms with van der Waals surface area (Å²) in [7, 11) is 0. The van der Waals surface area contributed by atoms with Crippen LogP contribution in [0, 0.1) is 5.92 Å². The number of fused-ring (bicyclic) bond motifs is 3. The van der Waals surface area contributed by atoms with Crippen LogP contribution in [-0.4, -0.2) is 54.5 Å². The molecule has 0 radical (unpaired) electrons. The highest BCUT2D eigenvalue weighted by molar-refractivity contribution is 5.89. The van der Waals surface area contributed by atoms with Crippen molar-refractivity contribution in [1.29, 1.82) is 0 Å². The van der Waals surface area contributed by atoms with Gasteiger partial charge >= 0.3 is 0 Å². The number of carbonyl (C=O) groups excluding carboxylic acids is 2. The van der Waals surface area contributed by atoms with Gasteiger partial charge in [0.15, 0.2) is 0 Å². The SMILES string of the molecule is O=C([C@@H]1Nc2ccccc2[C@@H]2C=CC[C@H]12)N1CCC2(CC1)NCCNC2=O. The summed E-state index contributed by atoms with van der Waals surface area (Å²) in [5.74, 6) is 0.859. The van der Waals surface area contributed by atoms with Crippen molar-refractivity contribution in [3.8, 4) is 0 Å². The van der Waals surface area contributed by atoms with Crippen molar-refractivity contribution >= 4 is 17.5 Å². The van der Waals surface area contributed by atoms with Crippen LogP contribution in [0.5, 0.6) is 0 Å². The maximum Gasteiger partial charge on any atom is 0.245 e. The smallest absolute Gasteiger partial charge is 0.245 e. The number of hydrogen-bond donors (Lipinski definition) is 3. The van der Waals surface area contributed by atoms with Crippen LogP contribution in [0.2, 0.25) is 0 Å². The Balaban J connectivity index is 1.33. The summed E-state index contributed by atoms with van der Waals surface area (Å²) in [5, 5.41) is 9.88. The van der Waals surface area contributed by atoms with E-state index in [-0.39, 0.29) is 23.8 Å². The number of para-hydroxylation sites is 1. The summed E-state index contributed by atoms with van der Waals surface area (Å²) < 4.78 is 0. The first kappa shape index (κ1) is 16.8. The van der Waals surface area contributed by atoms with Crippen molar-refractivity contribution in [2.75, 3.05) is 31.5 Å². The van der Waals surface area contributed by atoms with Crippen molar-refractivity contribution in [3.63, 3.8) is 0 Å². The maximum atomic E-state index is 13.4. The molecule has 6 heteroatoms. The number of nitrogens with one attached hydrogen (secondary N) is 3. The molecule has 27 heavy (non-hydrogen) atoms. The standard InChI is InChI=1S/C21H26N4O2/c26-19(25-12-8-21(9-13-25)20(27)22-10-11-23-21)18-16-6-3-5-14(16)15-4-1-2-7-17(15)24-18/h1-5,7,14,16,18,23-24H,6,8-13H2,(H,22,27)/t14-,16-,18+/m0/s1. The largest absolute Gasteiger partial charge is 0.373 e. The van der Waals surface area contributed by atoms with Crippen LogP contribution in [-0.2, 0) is 9.59 Å². The van der Waals surface area contributed by atoms with Gasteiger partial charge in [-0.2, -0.15) is 0 Å². The van der Waals surface area contributed by atoms with Gasteiger partial charge in [0, 0.05) is 43.7 Å². The van der Waals surface area contributed by atoms with Crippen molar-refractivity contribution in [2.45, 2.75) is 36.8 Å². The van der Waals surface area contributed by atoms with Crippen LogP contribution in [0.25, 0.3) is 0 Å². The van der Waals surface area contributed by atoms with Gasteiger partial charge in [-0.05, 0) is 30.9 Å². The highest BCUT2D eigenvalue weighted by atomic mass is 16.2. The zero-order chi connectivity index (χ0) is 18.4. The molecule has 0 bridgehead atoms. The molecular weight excluding hydrogens is 340 g/mol. The molecule has 6 nitrogen and oxygen atoms in total. The fourth-order valence-corrected chi connectivity index (χ4v) is 5.22. The van der Waals surface area contributed by atoms with E-state index in [1.807, 2.05) is 11.0 Å². The molecule has 1 spiro atoms. The summed E-state index contributed by atoms with van der Waals surface area (Å²) >= 11 is 0. The minimum absolute atomic E-state index is 0.0885. The number of nitrogens with zero attached hydrogens (tertiary/aromatic N) is 1. The van der Waals surface area contributed by atoms with Gasteiger partial charge in [0.25, 0.3) is 0 Å². The average Bonchev–Trinajstić information content (AvgIpc) is 3.20. The third kappa shape index (κ3) is 2.65. The topological polar surface area (TPSA) is 73.5 Å². The van der Waals surface area contributed by atoms with Crippen LogP contribution in [0.15, 0.2) is 36.4 Å². The van der Waals surface area contributed by atoms with Crippen molar-refractivity contribution in [2.24, 2.45) is 5.92 Å². The zero-order valence-corrected chi connectivity index (χ0v) is 15.4. The molecule has 2 saturated heterocycles. The fraction of sp³-hybridized carbons (Fsp3) is 0.524. The van der Waals surface area contributed by atoms with E-state index < -0.39 is 5.54 Å². The Kier molecular flexibility index (Phi) is 3.97. The van der Waals surface area contributed by atoms with Gasteiger partial charge in [0.1, 0.15) is 11.6 Å². The predicted molar refractivity (Wildman–Crippen MR) is 103 cm³/mol. The van der Waals surface area contributed by atoms with E-state index in [0.717, 1.165) is 18.7 Å². The Bertz CT molecular complexity index is 797. The van der Waals surface area contributed by atoms with Crippen molar-refractivity contribution < 1.29 is 9.59 Å². The third-order valence-corrected chi connectivity index (χ3v) is 6.78. The molecule has 142 valence electrons. The lowest BCUT2D eigenvalue weighted by Gasteiger charge is -2.45. The quantitative estimate of drug-likeness (QED) is 0.654. The van der Waals surface area contributed by atoms with Crippen LogP contribution in [0.1, 0.15) is 30.7 Å². The zero-order valence-electron chi connectivity index (χ0n) is 15.4. The Morgan fingerprint density at radius 3 is 2.78 bits per heavy atom. The predicted octanol–water partition coefficient (Wildman–Crippen LogP) is 1.22. The number of hydrogen-bond acceptors (Lipinski definition) is 4. The maximum absolute atomic E-state index is 13.4. The van der Waals surface area contributed by atoms with Gasteiger partial charge in [-0.3, -0.25) is 9.59 Å². The minimum atomic E-state index is -0.487. The minimum Gasteiger partial charge on any atom is -0.373 e. The number of anilines is 1. The van der Waals surface area contributed by atoms with Crippen LogP contribution >= 0.6 is 0 Å². The molecule has 1 aliphatic carbocycles. The lowest BCUT2D eigenvalue weighted by Crippen LogP contribution is -2.67. The van der Waals surface area contributed by atoms with Crippen molar-refractivity contribution in [1.82, 2.24) is 15.5 Å². The summed E-state index contributed by atoms with van der Waals surface area (Å²) in [6.07, 6.45) is 6.76. The number of carbonyl (C=O) groups is 2. The first-order chi connectivity index (χ1) is 13.2. The lowest BCUT2D eigenvalue weighted by molar-refractivity contribution is -0.139. The van der Waals surface area contributed by atoms with Crippen LogP contribution < -0.4 is 16.0 Å². The highest BCUT2D eigenvalue weighted by Gasteiger charge is 2.46. The first-order valence-electron chi connectivity index (χ1n) is 10.0. The lowest BCUT2D eigenvalue weighted by atomic mass is 9.78. The summed E-state index contributed by atoms with van der Waals surface area (Å²) in [5.41, 5.74) is 1.88. The molecule has 0 unspecified atom stereocenters. The second-order valence-corrected chi connectivity index (χ2v) is 8.15. The first-order valence-corrected chi connectivity index (χ1v) is 10.0. The molecule has 1 aromatic carbocycles. The Morgan fingerprint density at radius 1 is 1.15 bits per heavy atom. The summed E-state index contributed by atoms with van der Waals surface area (Å²) in [4.78, 5) is 27.7. The number of piperazine rings is 1. The number of rotatable bonds is 1. The summed E-state index contributed by atoms with van der Waals surface area (Å²) in [6, 6.07) is 8.12. The van der Waals surface area contributed by atoms with E-state index in [2.05, 4.69) is 46.3 Å². The fourth-order valence-electron chi connectivity index (χ4n) is 5.22. The Morgan fingerprint density at radius 2 is 1.96 bits per heavy atom. The molecule has 1 aromatic rings. The van der Waals surface area contributed by atoms with E-state index in [1.54, 1.807) is 0 Å². The Hall–Kier alpha value is -2.34. The number of amides is 2. The number of allylic oxidation sites excluding steroid dienone is 2. The molecule has 4 aliphatic rings. The van der Waals surface area contributed by atoms with E-state index in [1.165, 1.54) is 5.56 Å². The van der Waals surface area contributed by atoms with Crippen molar-refractivity contribution in [3.05, 3.63) is 42.0 Å². The monoisotopic (exact) mass is 366 g/mol. The van der Waals surface area contributed by atoms with Gasteiger partial charge in [0.2, 0.25) is 11.8 Å². The molecule has 2 fully saturated rings.